The predicted octanol–water partition coefficient (Wildman–Crippen LogP) is 4.28. The van der Waals surface area contributed by atoms with Crippen LogP contribution in [-0.4, -0.2) is 39.1 Å². The summed E-state index contributed by atoms with van der Waals surface area (Å²) in [5.74, 6) is 1.26. The molecule has 7 nitrogen and oxygen atoms in total. The number of amides is 1. The van der Waals surface area contributed by atoms with Gasteiger partial charge >= 0.3 is 0 Å². The van der Waals surface area contributed by atoms with E-state index in [1.54, 1.807) is 12.4 Å². The number of hydrogen-bond acceptors (Lipinski definition) is 6. The highest BCUT2D eigenvalue weighted by atomic mass is 16.4. The summed E-state index contributed by atoms with van der Waals surface area (Å²) in [4.78, 5) is 19.2. The van der Waals surface area contributed by atoms with Crippen molar-refractivity contribution in [2.45, 2.75) is 25.3 Å². The third kappa shape index (κ3) is 4.54. The number of benzene rings is 2. The number of rotatable bonds is 5. The highest BCUT2D eigenvalue weighted by molar-refractivity contribution is 5.95. The number of carbonyl (C=O) groups is 1. The molecule has 7 heteroatoms. The Labute approximate surface area is 192 Å². The van der Waals surface area contributed by atoms with Gasteiger partial charge in [-0.05, 0) is 60.2 Å². The summed E-state index contributed by atoms with van der Waals surface area (Å²) in [6, 6.07) is 19.5. The molecule has 5 rings (SSSR count). The van der Waals surface area contributed by atoms with E-state index < -0.39 is 0 Å². The molecule has 0 atom stereocenters. The van der Waals surface area contributed by atoms with E-state index in [0.29, 0.717) is 29.8 Å². The maximum absolute atomic E-state index is 13.2. The van der Waals surface area contributed by atoms with E-state index in [1.165, 1.54) is 5.56 Å². The number of nitrogens with zero attached hydrogens (tertiary/aromatic N) is 4. The van der Waals surface area contributed by atoms with Gasteiger partial charge in [0, 0.05) is 43.2 Å². The molecule has 2 aromatic heterocycles. The summed E-state index contributed by atoms with van der Waals surface area (Å²) >= 11 is 0. The first-order valence-electron chi connectivity index (χ1n) is 11.1. The van der Waals surface area contributed by atoms with Crippen LogP contribution in [0.4, 0.5) is 0 Å². The Morgan fingerprint density at radius 3 is 2.48 bits per heavy atom. The summed E-state index contributed by atoms with van der Waals surface area (Å²) in [5, 5.41) is 8.27. The van der Waals surface area contributed by atoms with Crippen LogP contribution in [0.25, 0.3) is 22.9 Å². The Bertz CT molecular complexity index is 1250. The summed E-state index contributed by atoms with van der Waals surface area (Å²) < 4.78 is 5.82. The standard InChI is InChI=1S/C26H25N5O2/c27-16-18-4-1-5-20(14-18)19-9-12-31(13-10-19)26(32)22-7-2-6-21(15-22)24-29-30-25(33-24)23-8-3-11-28-17-23/h1-8,11,14-15,17,19H,9-10,12-13,16,27H2. The van der Waals surface area contributed by atoms with Gasteiger partial charge in [-0.3, -0.25) is 9.78 Å². The Morgan fingerprint density at radius 1 is 0.970 bits per heavy atom. The second kappa shape index (κ2) is 9.34. The molecule has 0 radical (unpaired) electrons. The van der Waals surface area contributed by atoms with E-state index in [2.05, 4.69) is 39.4 Å². The maximum atomic E-state index is 13.2. The summed E-state index contributed by atoms with van der Waals surface area (Å²) in [5.41, 5.74) is 10.3. The lowest BCUT2D eigenvalue weighted by atomic mass is 9.88. The molecule has 33 heavy (non-hydrogen) atoms. The first-order valence-corrected chi connectivity index (χ1v) is 11.1. The lowest BCUT2D eigenvalue weighted by Crippen LogP contribution is -2.37. The van der Waals surface area contributed by atoms with Crippen LogP contribution < -0.4 is 5.73 Å². The maximum Gasteiger partial charge on any atom is 0.253 e. The Kier molecular flexibility index (Phi) is 5.95. The molecular formula is C26H25N5O2. The Morgan fingerprint density at radius 2 is 1.73 bits per heavy atom. The van der Waals surface area contributed by atoms with Crippen molar-refractivity contribution in [2.24, 2.45) is 5.73 Å². The van der Waals surface area contributed by atoms with Crippen molar-refractivity contribution in [2.75, 3.05) is 13.1 Å². The minimum absolute atomic E-state index is 0.0259. The number of likely N-dealkylation sites (tertiary alicyclic amines) is 1. The van der Waals surface area contributed by atoms with Gasteiger partial charge in [0.1, 0.15) is 0 Å². The van der Waals surface area contributed by atoms with E-state index >= 15 is 0 Å². The molecule has 0 aliphatic carbocycles. The number of hydrogen-bond donors (Lipinski definition) is 1. The van der Waals surface area contributed by atoms with Gasteiger partial charge in [0.2, 0.25) is 11.8 Å². The van der Waals surface area contributed by atoms with E-state index in [0.717, 1.165) is 42.6 Å². The van der Waals surface area contributed by atoms with Crippen LogP contribution in [0.5, 0.6) is 0 Å². The molecule has 2 aromatic carbocycles. The topological polar surface area (TPSA) is 98.1 Å². The van der Waals surface area contributed by atoms with Crippen molar-refractivity contribution in [3.8, 4) is 22.9 Å². The van der Waals surface area contributed by atoms with Gasteiger partial charge in [0.05, 0.1) is 5.56 Å². The van der Waals surface area contributed by atoms with Crippen molar-refractivity contribution in [1.82, 2.24) is 20.1 Å². The zero-order valence-electron chi connectivity index (χ0n) is 18.2. The third-order valence-corrected chi connectivity index (χ3v) is 6.13. The molecule has 2 N–H and O–H groups in total. The highest BCUT2D eigenvalue weighted by Gasteiger charge is 2.25. The van der Waals surface area contributed by atoms with Crippen molar-refractivity contribution >= 4 is 5.91 Å². The van der Waals surface area contributed by atoms with Gasteiger partial charge in [0.15, 0.2) is 0 Å². The van der Waals surface area contributed by atoms with E-state index in [-0.39, 0.29) is 5.91 Å². The number of nitrogens with two attached hydrogens (primary N) is 1. The van der Waals surface area contributed by atoms with Gasteiger partial charge in [-0.25, -0.2) is 0 Å². The summed E-state index contributed by atoms with van der Waals surface area (Å²) in [6.45, 7) is 2.00. The van der Waals surface area contributed by atoms with Crippen LogP contribution in [0, 0.1) is 0 Å². The van der Waals surface area contributed by atoms with Crippen molar-refractivity contribution in [3.05, 3.63) is 89.7 Å². The lowest BCUT2D eigenvalue weighted by molar-refractivity contribution is 0.0713. The second-order valence-electron chi connectivity index (χ2n) is 8.25. The van der Waals surface area contributed by atoms with Gasteiger partial charge < -0.3 is 15.1 Å². The minimum atomic E-state index is 0.0259. The molecule has 0 bridgehead atoms. The van der Waals surface area contributed by atoms with Gasteiger partial charge in [0.25, 0.3) is 5.91 Å². The summed E-state index contributed by atoms with van der Waals surface area (Å²) in [6.07, 6.45) is 5.25. The Balaban J connectivity index is 1.28. The van der Waals surface area contributed by atoms with Crippen LogP contribution in [-0.2, 0) is 6.54 Å². The molecule has 4 aromatic rings. The van der Waals surface area contributed by atoms with Crippen LogP contribution in [0.15, 0.2) is 77.5 Å². The largest absolute Gasteiger partial charge is 0.416 e. The average Bonchev–Trinajstić information content (AvgIpc) is 3.40. The fraction of sp³-hybridized carbons (Fsp3) is 0.231. The van der Waals surface area contributed by atoms with Crippen LogP contribution >= 0.6 is 0 Å². The van der Waals surface area contributed by atoms with Crippen LogP contribution in [0.3, 0.4) is 0 Å². The van der Waals surface area contributed by atoms with Gasteiger partial charge in [-0.1, -0.05) is 30.3 Å². The molecular weight excluding hydrogens is 414 g/mol. The number of aromatic nitrogens is 3. The number of carbonyl (C=O) groups excluding carboxylic acids is 1. The zero-order chi connectivity index (χ0) is 22.6. The second-order valence-corrected chi connectivity index (χ2v) is 8.25. The lowest BCUT2D eigenvalue weighted by Gasteiger charge is -2.32. The summed E-state index contributed by atoms with van der Waals surface area (Å²) in [7, 11) is 0. The van der Waals surface area contributed by atoms with E-state index in [4.69, 9.17) is 10.2 Å². The molecule has 1 fully saturated rings. The highest BCUT2D eigenvalue weighted by Crippen LogP contribution is 2.30. The monoisotopic (exact) mass is 439 g/mol. The minimum Gasteiger partial charge on any atom is -0.416 e. The molecule has 3 heterocycles. The fourth-order valence-corrected chi connectivity index (χ4v) is 4.30. The first-order chi connectivity index (χ1) is 16.2. The van der Waals surface area contributed by atoms with Gasteiger partial charge in [-0.15, -0.1) is 10.2 Å². The molecule has 1 aliphatic rings. The molecule has 166 valence electrons. The smallest absolute Gasteiger partial charge is 0.253 e. The fourth-order valence-electron chi connectivity index (χ4n) is 4.30. The Hall–Kier alpha value is -3.84. The molecule has 0 spiro atoms. The molecule has 0 unspecified atom stereocenters. The normalized spacial score (nSPS) is 14.4. The molecule has 1 amide bonds. The molecule has 1 aliphatic heterocycles. The molecule has 1 saturated heterocycles. The third-order valence-electron chi connectivity index (χ3n) is 6.13. The van der Waals surface area contributed by atoms with Crippen molar-refractivity contribution in [3.63, 3.8) is 0 Å². The van der Waals surface area contributed by atoms with Crippen LogP contribution in [0.2, 0.25) is 0 Å². The van der Waals surface area contributed by atoms with Crippen LogP contribution in [0.1, 0.15) is 40.2 Å². The van der Waals surface area contributed by atoms with Crippen molar-refractivity contribution < 1.29 is 9.21 Å². The average molecular weight is 440 g/mol. The quantitative estimate of drug-likeness (QED) is 0.498. The first kappa shape index (κ1) is 21.0. The van der Waals surface area contributed by atoms with E-state index in [1.807, 2.05) is 41.3 Å². The van der Waals surface area contributed by atoms with Crippen molar-refractivity contribution in [1.29, 1.82) is 0 Å². The van der Waals surface area contributed by atoms with Gasteiger partial charge in [-0.2, -0.15) is 0 Å². The number of piperidine rings is 1. The number of pyridine rings is 1. The molecule has 0 saturated carbocycles. The SMILES string of the molecule is NCc1cccc(C2CCN(C(=O)c3cccc(-c4nnc(-c5cccnc5)o4)c3)CC2)c1. The zero-order valence-corrected chi connectivity index (χ0v) is 18.2. The predicted molar refractivity (Wildman–Crippen MR) is 125 cm³/mol. The van der Waals surface area contributed by atoms with E-state index in [9.17, 15) is 4.79 Å².